The van der Waals surface area contributed by atoms with E-state index in [-0.39, 0.29) is 0 Å². The average molecular weight is 277 g/mol. The molecule has 0 radical (unpaired) electrons. The quantitative estimate of drug-likeness (QED) is 0.771. The lowest BCUT2D eigenvalue weighted by Gasteiger charge is -2.07. The highest BCUT2D eigenvalue weighted by molar-refractivity contribution is 5.53. The molecule has 3 rings (SSSR count). The third kappa shape index (κ3) is 3.57. The molecule has 3 aromatic rings. The second-order valence-electron chi connectivity index (χ2n) is 4.62. The highest BCUT2D eigenvalue weighted by Crippen LogP contribution is 2.20. The van der Waals surface area contributed by atoms with Gasteiger partial charge >= 0.3 is 0 Å². The molecule has 21 heavy (non-hydrogen) atoms. The molecule has 0 spiro atoms. The number of aromatic nitrogens is 2. The van der Waals surface area contributed by atoms with Crippen molar-refractivity contribution < 1.29 is 4.74 Å². The molecule has 1 heterocycles. The average Bonchev–Trinajstić information content (AvgIpc) is 2.51. The number of anilines is 2. The fourth-order valence-electron chi connectivity index (χ4n) is 1.83. The first-order chi connectivity index (χ1) is 10.3. The number of benzene rings is 2. The third-order valence-electron chi connectivity index (χ3n) is 2.90. The van der Waals surface area contributed by atoms with E-state index in [2.05, 4.69) is 22.2 Å². The maximum atomic E-state index is 5.68. The Balaban J connectivity index is 1.75. The molecule has 0 amide bonds. The second kappa shape index (κ2) is 6.05. The summed E-state index contributed by atoms with van der Waals surface area (Å²) in [5, 5.41) is 3.16. The van der Waals surface area contributed by atoms with Gasteiger partial charge in [-0.3, -0.25) is 0 Å². The third-order valence-corrected chi connectivity index (χ3v) is 2.90. The van der Waals surface area contributed by atoms with E-state index < -0.39 is 0 Å². The topological polar surface area (TPSA) is 47.0 Å². The number of hydrogen-bond acceptors (Lipinski definition) is 4. The zero-order valence-electron chi connectivity index (χ0n) is 11.7. The molecule has 0 fully saturated rings. The van der Waals surface area contributed by atoms with Crippen molar-refractivity contribution in [1.29, 1.82) is 0 Å². The molecule has 0 saturated heterocycles. The van der Waals surface area contributed by atoms with Gasteiger partial charge in [0.25, 0.3) is 0 Å². The van der Waals surface area contributed by atoms with Crippen molar-refractivity contribution in [3.63, 3.8) is 0 Å². The molecule has 4 nitrogen and oxygen atoms in total. The predicted molar refractivity (Wildman–Crippen MR) is 83.0 cm³/mol. The molecule has 0 bridgehead atoms. The number of nitrogens with one attached hydrogen (secondary N) is 1. The molecule has 4 heteroatoms. The second-order valence-corrected chi connectivity index (χ2v) is 4.62. The van der Waals surface area contributed by atoms with Gasteiger partial charge in [0.2, 0.25) is 11.8 Å². The van der Waals surface area contributed by atoms with Crippen LogP contribution in [0.2, 0.25) is 0 Å². The minimum atomic E-state index is 0.505. The van der Waals surface area contributed by atoms with Crippen molar-refractivity contribution in [2.24, 2.45) is 0 Å². The predicted octanol–water partition coefficient (Wildman–Crippen LogP) is 4.32. The van der Waals surface area contributed by atoms with Gasteiger partial charge < -0.3 is 10.1 Å². The van der Waals surface area contributed by atoms with Crippen LogP contribution in [0.15, 0.2) is 66.9 Å². The highest BCUT2D eigenvalue weighted by atomic mass is 16.5. The molecule has 104 valence electrons. The van der Waals surface area contributed by atoms with Crippen LogP contribution in [-0.2, 0) is 0 Å². The van der Waals surface area contributed by atoms with E-state index in [0.717, 1.165) is 11.4 Å². The van der Waals surface area contributed by atoms with E-state index >= 15 is 0 Å². The Morgan fingerprint density at radius 1 is 0.905 bits per heavy atom. The number of nitrogens with zero attached hydrogens (tertiary/aromatic N) is 2. The van der Waals surface area contributed by atoms with E-state index in [1.807, 2.05) is 54.6 Å². The van der Waals surface area contributed by atoms with Gasteiger partial charge in [0.1, 0.15) is 5.75 Å². The minimum Gasteiger partial charge on any atom is -0.439 e. The SMILES string of the molecule is Cc1ccc(Nc2nccc(Oc3ccccc3)n2)cc1. The van der Waals surface area contributed by atoms with Crippen LogP contribution in [0.4, 0.5) is 11.6 Å². The molecule has 0 unspecified atom stereocenters. The molecule has 1 N–H and O–H groups in total. The minimum absolute atomic E-state index is 0.505. The van der Waals surface area contributed by atoms with Crippen LogP contribution >= 0.6 is 0 Å². The van der Waals surface area contributed by atoms with Crippen molar-refractivity contribution in [2.45, 2.75) is 6.92 Å². The number of ether oxygens (including phenoxy) is 1. The monoisotopic (exact) mass is 277 g/mol. The smallest absolute Gasteiger partial charge is 0.230 e. The zero-order chi connectivity index (χ0) is 14.5. The Kier molecular flexibility index (Phi) is 3.78. The number of rotatable bonds is 4. The molecule has 0 aliphatic carbocycles. The van der Waals surface area contributed by atoms with Gasteiger partial charge in [-0.2, -0.15) is 4.98 Å². The molecule has 0 aliphatic heterocycles. The van der Waals surface area contributed by atoms with E-state index in [1.54, 1.807) is 12.3 Å². The number of para-hydroxylation sites is 1. The van der Waals surface area contributed by atoms with Crippen LogP contribution in [0.5, 0.6) is 11.6 Å². The summed E-state index contributed by atoms with van der Waals surface area (Å²) in [6.45, 7) is 2.05. The normalized spacial score (nSPS) is 10.1. The molecule has 0 aliphatic rings. The fraction of sp³-hybridized carbons (Fsp3) is 0.0588. The summed E-state index contributed by atoms with van der Waals surface area (Å²) in [4.78, 5) is 8.54. The summed E-state index contributed by atoms with van der Waals surface area (Å²) in [7, 11) is 0. The van der Waals surface area contributed by atoms with E-state index in [1.165, 1.54) is 5.56 Å². The van der Waals surface area contributed by atoms with Gasteiger partial charge in [-0.15, -0.1) is 0 Å². The molecule has 0 saturated carbocycles. The van der Waals surface area contributed by atoms with Gasteiger partial charge in [-0.25, -0.2) is 4.98 Å². The molecular weight excluding hydrogens is 262 g/mol. The first kappa shape index (κ1) is 13.1. The summed E-state index contributed by atoms with van der Waals surface area (Å²) in [5.74, 6) is 1.76. The van der Waals surface area contributed by atoms with Crippen molar-refractivity contribution in [3.05, 3.63) is 72.4 Å². The molecule has 0 atom stereocenters. The van der Waals surface area contributed by atoms with Crippen LogP contribution in [0.3, 0.4) is 0 Å². The van der Waals surface area contributed by atoms with E-state index in [4.69, 9.17) is 4.74 Å². The molecule has 2 aromatic carbocycles. The lowest BCUT2D eigenvalue weighted by molar-refractivity contribution is 0.462. The zero-order valence-corrected chi connectivity index (χ0v) is 11.7. The largest absolute Gasteiger partial charge is 0.439 e. The van der Waals surface area contributed by atoms with Crippen LogP contribution in [0.1, 0.15) is 5.56 Å². The van der Waals surface area contributed by atoms with Crippen LogP contribution in [0.25, 0.3) is 0 Å². The summed E-state index contributed by atoms with van der Waals surface area (Å²) < 4.78 is 5.68. The Morgan fingerprint density at radius 2 is 1.67 bits per heavy atom. The molecule has 1 aromatic heterocycles. The van der Waals surface area contributed by atoms with Crippen molar-refractivity contribution in [1.82, 2.24) is 9.97 Å². The lowest BCUT2D eigenvalue weighted by atomic mass is 10.2. The van der Waals surface area contributed by atoms with Crippen molar-refractivity contribution in [2.75, 3.05) is 5.32 Å². The van der Waals surface area contributed by atoms with Crippen LogP contribution < -0.4 is 10.1 Å². The first-order valence-electron chi connectivity index (χ1n) is 6.69. The van der Waals surface area contributed by atoms with Crippen molar-refractivity contribution >= 4 is 11.6 Å². The first-order valence-corrected chi connectivity index (χ1v) is 6.69. The fourth-order valence-corrected chi connectivity index (χ4v) is 1.83. The standard InChI is InChI=1S/C17H15N3O/c1-13-7-9-14(10-8-13)19-17-18-12-11-16(20-17)21-15-5-3-2-4-6-15/h2-12H,1H3,(H,18,19,20). The Morgan fingerprint density at radius 3 is 2.43 bits per heavy atom. The highest BCUT2D eigenvalue weighted by Gasteiger charge is 2.02. The molecular formula is C17H15N3O. The number of aryl methyl sites for hydroxylation is 1. The van der Waals surface area contributed by atoms with Gasteiger partial charge in [-0.05, 0) is 31.2 Å². The maximum Gasteiger partial charge on any atom is 0.230 e. The van der Waals surface area contributed by atoms with E-state index in [9.17, 15) is 0 Å². The Labute approximate surface area is 123 Å². The van der Waals surface area contributed by atoms with Gasteiger partial charge in [0, 0.05) is 18.0 Å². The summed E-state index contributed by atoms with van der Waals surface area (Å²) in [6.07, 6.45) is 1.67. The van der Waals surface area contributed by atoms with Crippen LogP contribution in [0, 0.1) is 6.92 Å². The van der Waals surface area contributed by atoms with Crippen LogP contribution in [-0.4, -0.2) is 9.97 Å². The van der Waals surface area contributed by atoms with E-state index in [0.29, 0.717) is 11.8 Å². The summed E-state index contributed by atoms with van der Waals surface area (Å²) >= 11 is 0. The lowest BCUT2D eigenvalue weighted by Crippen LogP contribution is -1.98. The Bertz CT molecular complexity index is 712. The van der Waals surface area contributed by atoms with Gasteiger partial charge in [0.15, 0.2) is 0 Å². The van der Waals surface area contributed by atoms with Crippen molar-refractivity contribution in [3.8, 4) is 11.6 Å². The maximum absolute atomic E-state index is 5.68. The van der Waals surface area contributed by atoms with Gasteiger partial charge in [0.05, 0.1) is 0 Å². The van der Waals surface area contributed by atoms with Gasteiger partial charge in [-0.1, -0.05) is 35.9 Å². The Hall–Kier alpha value is -2.88. The summed E-state index contributed by atoms with van der Waals surface area (Å²) in [5.41, 5.74) is 2.15. The summed E-state index contributed by atoms with van der Waals surface area (Å²) in [6, 6.07) is 19.3. The number of hydrogen-bond donors (Lipinski definition) is 1.